The van der Waals surface area contributed by atoms with Crippen molar-refractivity contribution in [2.24, 2.45) is 0 Å². The molecule has 0 aromatic carbocycles. The summed E-state index contributed by atoms with van der Waals surface area (Å²) in [5, 5.41) is 3.53. The molecule has 1 aliphatic rings. The van der Waals surface area contributed by atoms with Crippen molar-refractivity contribution in [1.82, 2.24) is 10.3 Å². The van der Waals surface area contributed by atoms with Crippen LogP contribution in [0.3, 0.4) is 0 Å². The fourth-order valence-corrected chi connectivity index (χ4v) is 1.97. The summed E-state index contributed by atoms with van der Waals surface area (Å²) in [4.78, 5) is 6.89. The molecular formula is C14H23N3. The second-order valence-electron chi connectivity index (χ2n) is 4.99. The maximum Gasteiger partial charge on any atom is 0.128 e. The standard InChI is InChI=1S/C14H23N3/c1-4-9-17(3)14-8-5-12(11(2)16-14)10-15-13-6-7-13/h5,8,13,15H,4,6-7,9-10H2,1-3H3. The number of aromatic nitrogens is 1. The molecule has 1 aromatic rings. The van der Waals surface area contributed by atoms with Crippen LogP contribution >= 0.6 is 0 Å². The third-order valence-electron chi connectivity index (χ3n) is 3.29. The van der Waals surface area contributed by atoms with Gasteiger partial charge in [0, 0.05) is 31.9 Å². The molecule has 1 fully saturated rings. The molecule has 0 unspecified atom stereocenters. The van der Waals surface area contributed by atoms with E-state index in [2.05, 4.69) is 48.2 Å². The van der Waals surface area contributed by atoms with Gasteiger partial charge in [-0.25, -0.2) is 4.98 Å². The monoisotopic (exact) mass is 233 g/mol. The Labute approximate surface area is 104 Å². The maximum absolute atomic E-state index is 4.68. The summed E-state index contributed by atoms with van der Waals surface area (Å²) in [6, 6.07) is 5.10. The van der Waals surface area contributed by atoms with E-state index in [4.69, 9.17) is 0 Å². The van der Waals surface area contributed by atoms with E-state index in [1.54, 1.807) is 0 Å². The van der Waals surface area contributed by atoms with E-state index < -0.39 is 0 Å². The van der Waals surface area contributed by atoms with E-state index >= 15 is 0 Å². The third kappa shape index (κ3) is 3.43. The molecule has 0 aliphatic heterocycles. The predicted octanol–water partition coefficient (Wildman–Crippen LogP) is 2.49. The second-order valence-corrected chi connectivity index (χ2v) is 4.99. The van der Waals surface area contributed by atoms with Crippen molar-refractivity contribution in [3.63, 3.8) is 0 Å². The molecule has 0 bridgehead atoms. The lowest BCUT2D eigenvalue weighted by Gasteiger charge is -2.18. The minimum Gasteiger partial charge on any atom is -0.360 e. The van der Waals surface area contributed by atoms with Gasteiger partial charge in [-0.3, -0.25) is 0 Å². The molecule has 1 saturated carbocycles. The van der Waals surface area contributed by atoms with E-state index in [-0.39, 0.29) is 0 Å². The Hall–Kier alpha value is -1.09. The summed E-state index contributed by atoms with van der Waals surface area (Å²) in [5.41, 5.74) is 2.48. The lowest BCUT2D eigenvalue weighted by molar-refractivity contribution is 0.682. The molecule has 0 spiro atoms. The molecule has 3 heteroatoms. The Bertz CT molecular complexity index is 372. The van der Waals surface area contributed by atoms with Crippen molar-refractivity contribution in [3.8, 4) is 0 Å². The van der Waals surface area contributed by atoms with Gasteiger partial charge < -0.3 is 10.2 Å². The van der Waals surface area contributed by atoms with Crippen LogP contribution in [0.15, 0.2) is 12.1 Å². The number of anilines is 1. The van der Waals surface area contributed by atoms with Crippen LogP contribution in [0.25, 0.3) is 0 Å². The first-order chi connectivity index (χ1) is 8.20. The molecule has 17 heavy (non-hydrogen) atoms. The van der Waals surface area contributed by atoms with Crippen LogP contribution in [0.1, 0.15) is 37.4 Å². The highest BCUT2D eigenvalue weighted by Crippen LogP contribution is 2.20. The minimum atomic E-state index is 0.761. The summed E-state index contributed by atoms with van der Waals surface area (Å²) < 4.78 is 0. The molecule has 0 radical (unpaired) electrons. The Morgan fingerprint density at radius 3 is 2.76 bits per heavy atom. The van der Waals surface area contributed by atoms with Crippen LogP contribution in [0.5, 0.6) is 0 Å². The van der Waals surface area contributed by atoms with Gasteiger partial charge in [-0.15, -0.1) is 0 Å². The number of nitrogens with one attached hydrogen (secondary N) is 1. The van der Waals surface area contributed by atoms with E-state index in [9.17, 15) is 0 Å². The van der Waals surface area contributed by atoms with Gasteiger partial charge in [0.05, 0.1) is 0 Å². The van der Waals surface area contributed by atoms with E-state index in [0.717, 1.165) is 37.1 Å². The molecule has 3 nitrogen and oxygen atoms in total. The normalized spacial score (nSPS) is 15.0. The number of nitrogens with zero attached hydrogens (tertiary/aromatic N) is 2. The van der Waals surface area contributed by atoms with E-state index in [0.29, 0.717) is 0 Å². The topological polar surface area (TPSA) is 28.2 Å². The SMILES string of the molecule is CCCN(C)c1ccc(CNC2CC2)c(C)n1. The van der Waals surface area contributed by atoms with Crippen LogP contribution in [-0.2, 0) is 6.54 Å². The summed E-state index contributed by atoms with van der Waals surface area (Å²) in [5.74, 6) is 1.08. The molecule has 0 amide bonds. The van der Waals surface area contributed by atoms with Gasteiger partial charge in [0.2, 0.25) is 0 Å². The quantitative estimate of drug-likeness (QED) is 0.818. The second kappa shape index (κ2) is 5.50. The van der Waals surface area contributed by atoms with Crippen LogP contribution in [0.4, 0.5) is 5.82 Å². The molecule has 2 rings (SSSR count). The summed E-state index contributed by atoms with van der Waals surface area (Å²) in [6.45, 7) is 6.32. The first-order valence-electron chi connectivity index (χ1n) is 6.61. The number of rotatable bonds is 6. The number of aryl methyl sites for hydroxylation is 1. The predicted molar refractivity (Wildman–Crippen MR) is 72.4 cm³/mol. The molecule has 1 N–H and O–H groups in total. The van der Waals surface area contributed by atoms with Gasteiger partial charge in [-0.1, -0.05) is 13.0 Å². The average molecular weight is 233 g/mol. The number of hydrogen-bond donors (Lipinski definition) is 1. The average Bonchev–Trinajstić information content (AvgIpc) is 3.11. The van der Waals surface area contributed by atoms with Crippen molar-refractivity contribution in [3.05, 3.63) is 23.4 Å². The Kier molecular flexibility index (Phi) is 4.00. The van der Waals surface area contributed by atoms with Crippen molar-refractivity contribution >= 4 is 5.82 Å². The molecule has 1 aromatic heterocycles. The summed E-state index contributed by atoms with van der Waals surface area (Å²) >= 11 is 0. The van der Waals surface area contributed by atoms with Crippen LogP contribution < -0.4 is 10.2 Å². The first kappa shape index (κ1) is 12.4. The van der Waals surface area contributed by atoms with Gasteiger partial charge in [-0.05, 0) is 37.8 Å². The van der Waals surface area contributed by atoms with Crippen LogP contribution in [-0.4, -0.2) is 24.6 Å². The number of hydrogen-bond acceptors (Lipinski definition) is 3. The highest BCUT2D eigenvalue weighted by Gasteiger charge is 2.20. The largest absolute Gasteiger partial charge is 0.360 e. The van der Waals surface area contributed by atoms with Crippen molar-refractivity contribution in [2.75, 3.05) is 18.5 Å². The molecule has 1 aliphatic carbocycles. The van der Waals surface area contributed by atoms with E-state index in [1.807, 2.05) is 0 Å². The maximum atomic E-state index is 4.68. The van der Waals surface area contributed by atoms with Gasteiger partial charge >= 0.3 is 0 Å². The zero-order valence-corrected chi connectivity index (χ0v) is 11.2. The summed E-state index contributed by atoms with van der Waals surface area (Å²) in [7, 11) is 2.10. The Morgan fingerprint density at radius 1 is 1.41 bits per heavy atom. The lowest BCUT2D eigenvalue weighted by Crippen LogP contribution is -2.20. The summed E-state index contributed by atoms with van der Waals surface area (Å²) in [6.07, 6.45) is 3.83. The highest BCUT2D eigenvalue weighted by atomic mass is 15.2. The van der Waals surface area contributed by atoms with Crippen LogP contribution in [0, 0.1) is 6.92 Å². The molecule has 94 valence electrons. The zero-order valence-electron chi connectivity index (χ0n) is 11.2. The third-order valence-corrected chi connectivity index (χ3v) is 3.29. The van der Waals surface area contributed by atoms with Crippen molar-refractivity contribution in [1.29, 1.82) is 0 Å². The van der Waals surface area contributed by atoms with Gasteiger partial charge in [0.1, 0.15) is 5.82 Å². The Morgan fingerprint density at radius 2 is 2.18 bits per heavy atom. The Balaban J connectivity index is 1.99. The van der Waals surface area contributed by atoms with E-state index in [1.165, 1.54) is 18.4 Å². The fraction of sp³-hybridized carbons (Fsp3) is 0.643. The van der Waals surface area contributed by atoms with Gasteiger partial charge in [0.15, 0.2) is 0 Å². The lowest BCUT2D eigenvalue weighted by atomic mass is 10.2. The first-order valence-corrected chi connectivity index (χ1v) is 6.61. The molecular weight excluding hydrogens is 210 g/mol. The molecule has 0 saturated heterocycles. The van der Waals surface area contributed by atoms with Crippen molar-refractivity contribution in [2.45, 2.75) is 45.7 Å². The number of pyridine rings is 1. The molecule has 0 atom stereocenters. The van der Waals surface area contributed by atoms with Crippen LogP contribution in [0.2, 0.25) is 0 Å². The smallest absolute Gasteiger partial charge is 0.128 e. The zero-order chi connectivity index (χ0) is 12.3. The fourth-order valence-electron chi connectivity index (χ4n) is 1.97. The van der Waals surface area contributed by atoms with Gasteiger partial charge in [-0.2, -0.15) is 0 Å². The minimum absolute atomic E-state index is 0.761. The van der Waals surface area contributed by atoms with Gasteiger partial charge in [0.25, 0.3) is 0 Å². The highest BCUT2D eigenvalue weighted by molar-refractivity contribution is 5.40. The molecule has 1 heterocycles. The van der Waals surface area contributed by atoms with Crippen molar-refractivity contribution < 1.29 is 0 Å².